The smallest absolute Gasteiger partial charge is 0.183 e. The van der Waals surface area contributed by atoms with E-state index in [4.69, 9.17) is 43.8 Å². The van der Waals surface area contributed by atoms with Gasteiger partial charge in [-0.15, -0.1) is 0 Å². The molecule has 0 unspecified atom stereocenters. The maximum atomic E-state index is 6.61. The van der Waals surface area contributed by atoms with E-state index in [2.05, 4.69) is 15.3 Å². The van der Waals surface area contributed by atoms with E-state index in [1.165, 1.54) is 0 Å². The summed E-state index contributed by atoms with van der Waals surface area (Å²) < 4.78 is 7.31. The van der Waals surface area contributed by atoms with E-state index in [0.717, 1.165) is 27.7 Å². The minimum Gasteiger partial charge on any atom is -0.491 e. The van der Waals surface area contributed by atoms with Gasteiger partial charge in [0.2, 0.25) is 0 Å². The molecule has 10 heteroatoms. The number of nitrogens with one attached hydrogen (secondary N) is 1. The average molecular weight is 506 g/mol. The highest BCUT2D eigenvalue weighted by Gasteiger charge is 2.19. The third kappa shape index (κ3) is 4.51. The van der Waals surface area contributed by atoms with Crippen molar-refractivity contribution in [1.82, 2.24) is 24.7 Å². The zero-order valence-corrected chi connectivity index (χ0v) is 20.3. The maximum Gasteiger partial charge on any atom is 0.183 e. The van der Waals surface area contributed by atoms with Gasteiger partial charge in [0.15, 0.2) is 17.4 Å². The second-order valence-corrected chi connectivity index (χ2v) is 8.48. The Morgan fingerprint density at radius 2 is 1.86 bits per heavy atom. The third-order valence-electron chi connectivity index (χ3n) is 5.58. The fraction of sp³-hybridized carbons (Fsp3) is 0.120. The van der Waals surface area contributed by atoms with Crippen LogP contribution in [0.4, 0.5) is 11.5 Å². The van der Waals surface area contributed by atoms with Crippen LogP contribution in [0.25, 0.3) is 22.4 Å². The molecule has 0 fully saturated rings. The summed E-state index contributed by atoms with van der Waals surface area (Å²) in [7, 11) is 1.57. The minimum atomic E-state index is 0.320. The second-order valence-electron chi connectivity index (χ2n) is 7.70. The Morgan fingerprint density at radius 3 is 2.63 bits per heavy atom. The fourth-order valence-corrected chi connectivity index (χ4v) is 4.37. The summed E-state index contributed by atoms with van der Waals surface area (Å²) in [4.78, 5) is 13.3. The van der Waals surface area contributed by atoms with Gasteiger partial charge in [0.05, 0.1) is 30.4 Å². The van der Waals surface area contributed by atoms with E-state index < -0.39 is 0 Å². The summed E-state index contributed by atoms with van der Waals surface area (Å²) in [6, 6.07) is 15.2. The predicted molar refractivity (Wildman–Crippen MR) is 138 cm³/mol. The van der Waals surface area contributed by atoms with Crippen LogP contribution in [-0.2, 0) is 13.1 Å². The molecule has 5 rings (SSSR count). The standard InChI is InChI=1S/C25H21Cl2N7O/c1-35-21-13-30-25(32-24(21)31-16-8-10-29-11-9-16)23-17-4-2-3-5-20(17)34(33-23)14-18-19(26)7-6-15(12-28)22(18)27/h2-11,13H,12,14,28H2,1H3,(H,29,30,31,32). The maximum absolute atomic E-state index is 6.61. The fourth-order valence-electron chi connectivity index (χ4n) is 3.81. The van der Waals surface area contributed by atoms with Crippen LogP contribution in [0.3, 0.4) is 0 Å². The molecule has 0 aliphatic rings. The summed E-state index contributed by atoms with van der Waals surface area (Å²) in [5.41, 5.74) is 9.77. The molecule has 3 N–H and O–H groups in total. The van der Waals surface area contributed by atoms with Gasteiger partial charge in [-0.3, -0.25) is 9.67 Å². The lowest BCUT2D eigenvalue weighted by molar-refractivity contribution is 0.413. The largest absolute Gasteiger partial charge is 0.491 e. The number of pyridine rings is 1. The quantitative estimate of drug-likeness (QED) is 0.302. The molecule has 0 spiro atoms. The Hall–Kier alpha value is -3.72. The van der Waals surface area contributed by atoms with Gasteiger partial charge in [0.25, 0.3) is 0 Å². The van der Waals surface area contributed by atoms with E-state index >= 15 is 0 Å². The molecule has 0 saturated heterocycles. The summed E-state index contributed by atoms with van der Waals surface area (Å²) in [5, 5.41) is 10.1. The zero-order chi connectivity index (χ0) is 24.4. The number of para-hydroxylation sites is 1. The lowest BCUT2D eigenvalue weighted by Gasteiger charge is -2.11. The van der Waals surface area contributed by atoms with Crippen molar-refractivity contribution in [3.05, 3.63) is 88.3 Å². The van der Waals surface area contributed by atoms with Crippen LogP contribution in [0, 0.1) is 0 Å². The average Bonchev–Trinajstić information content (AvgIpc) is 3.26. The number of halogens is 2. The molecule has 0 radical (unpaired) electrons. The number of benzene rings is 2. The number of ether oxygens (including phenoxy) is 1. The number of hydrogen-bond donors (Lipinski definition) is 2. The molecule has 176 valence electrons. The van der Waals surface area contributed by atoms with Crippen molar-refractivity contribution >= 4 is 45.6 Å². The van der Waals surface area contributed by atoms with Crippen LogP contribution in [-0.4, -0.2) is 31.8 Å². The first-order chi connectivity index (χ1) is 17.1. The van der Waals surface area contributed by atoms with Gasteiger partial charge >= 0.3 is 0 Å². The summed E-state index contributed by atoms with van der Waals surface area (Å²) in [5.74, 6) is 1.47. The number of fused-ring (bicyclic) bond motifs is 1. The highest BCUT2D eigenvalue weighted by Crippen LogP contribution is 2.33. The molecular weight excluding hydrogens is 485 g/mol. The zero-order valence-electron chi connectivity index (χ0n) is 18.7. The van der Waals surface area contributed by atoms with Crippen LogP contribution in [0.5, 0.6) is 5.75 Å². The third-order valence-corrected chi connectivity index (χ3v) is 6.41. The van der Waals surface area contributed by atoms with Crippen LogP contribution in [0.1, 0.15) is 11.1 Å². The van der Waals surface area contributed by atoms with Gasteiger partial charge in [0, 0.05) is 40.6 Å². The molecule has 3 aromatic heterocycles. The van der Waals surface area contributed by atoms with Gasteiger partial charge < -0.3 is 15.8 Å². The van der Waals surface area contributed by atoms with Gasteiger partial charge in [-0.05, 0) is 29.8 Å². The SMILES string of the molecule is COc1cnc(-c2nn(Cc3c(Cl)ccc(CN)c3Cl)c3ccccc23)nc1Nc1ccncc1. The highest BCUT2D eigenvalue weighted by molar-refractivity contribution is 6.36. The van der Waals surface area contributed by atoms with Gasteiger partial charge in [-0.25, -0.2) is 9.97 Å². The summed E-state index contributed by atoms with van der Waals surface area (Å²) in [6.45, 7) is 0.686. The number of rotatable bonds is 7. The number of nitrogens with zero attached hydrogens (tertiary/aromatic N) is 5. The second kappa shape index (κ2) is 9.87. The molecule has 8 nitrogen and oxygen atoms in total. The molecule has 0 saturated carbocycles. The van der Waals surface area contributed by atoms with Crippen molar-refractivity contribution in [3.63, 3.8) is 0 Å². The number of nitrogens with two attached hydrogens (primary N) is 1. The van der Waals surface area contributed by atoms with Crippen molar-refractivity contribution < 1.29 is 4.74 Å². The molecule has 0 atom stereocenters. The van der Waals surface area contributed by atoms with E-state index in [1.807, 2.05) is 47.1 Å². The minimum absolute atomic E-state index is 0.320. The van der Waals surface area contributed by atoms with Crippen LogP contribution >= 0.6 is 23.2 Å². The molecule has 3 heterocycles. The molecule has 0 aliphatic heterocycles. The van der Waals surface area contributed by atoms with Crippen molar-refractivity contribution in [2.75, 3.05) is 12.4 Å². The Morgan fingerprint density at radius 1 is 1.06 bits per heavy atom. The molecule has 5 aromatic rings. The van der Waals surface area contributed by atoms with E-state index in [9.17, 15) is 0 Å². The number of hydrogen-bond acceptors (Lipinski definition) is 7. The molecule has 0 aliphatic carbocycles. The first-order valence-corrected chi connectivity index (χ1v) is 11.5. The van der Waals surface area contributed by atoms with Crippen LogP contribution in [0.15, 0.2) is 67.1 Å². The summed E-state index contributed by atoms with van der Waals surface area (Å²) >= 11 is 13.1. The Kier molecular flexibility index (Phi) is 6.50. The van der Waals surface area contributed by atoms with E-state index in [1.54, 1.807) is 31.8 Å². The normalized spacial score (nSPS) is 11.1. The van der Waals surface area contributed by atoms with Crippen molar-refractivity contribution in [1.29, 1.82) is 0 Å². The lowest BCUT2D eigenvalue weighted by atomic mass is 10.1. The Labute approximate surface area is 211 Å². The van der Waals surface area contributed by atoms with Crippen LogP contribution in [0.2, 0.25) is 10.0 Å². The summed E-state index contributed by atoms with van der Waals surface area (Å²) in [6.07, 6.45) is 5.02. The molecule has 35 heavy (non-hydrogen) atoms. The lowest BCUT2D eigenvalue weighted by Crippen LogP contribution is -2.06. The molecule has 2 aromatic carbocycles. The number of aromatic nitrogens is 5. The van der Waals surface area contributed by atoms with Crippen molar-refractivity contribution in [2.24, 2.45) is 5.73 Å². The number of methoxy groups -OCH3 is 1. The van der Waals surface area contributed by atoms with Gasteiger partial charge in [-0.1, -0.05) is 47.5 Å². The highest BCUT2D eigenvalue weighted by atomic mass is 35.5. The van der Waals surface area contributed by atoms with Crippen LogP contribution < -0.4 is 15.8 Å². The van der Waals surface area contributed by atoms with E-state index in [0.29, 0.717) is 46.2 Å². The molecular formula is C25H21Cl2N7O. The molecule has 0 bridgehead atoms. The Bertz CT molecular complexity index is 1510. The van der Waals surface area contributed by atoms with E-state index in [-0.39, 0.29) is 0 Å². The van der Waals surface area contributed by atoms with Crippen molar-refractivity contribution in [3.8, 4) is 17.3 Å². The van der Waals surface area contributed by atoms with Crippen molar-refractivity contribution in [2.45, 2.75) is 13.1 Å². The Balaban J connectivity index is 1.60. The topological polar surface area (TPSA) is 104 Å². The number of anilines is 2. The predicted octanol–water partition coefficient (Wildman–Crippen LogP) is 5.45. The van der Waals surface area contributed by atoms with Gasteiger partial charge in [-0.2, -0.15) is 5.10 Å². The van der Waals surface area contributed by atoms with Gasteiger partial charge in [0.1, 0.15) is 5.69 Å². The first kappa shape index (κ1) is 23.0. The first-order valence-electron chi connectivity index (χ1n) is 10.8. The molecule has 0 amide bonds. The monoisotopic (exact) mass is 505 g/mol.